The zero-order valence-electron chi connectivity index (χ0n) is 10.3. The van der Waals surface area contributed by atoms with E-state index in [1.807, 2.05) is 13.0 Å². The molecule has 0 radical (unpaired) electrons. The number of tetrazole rings is 1. The van der Waals surface area contributed by atoms with Crippen LogP contribution in [0.15, 0.2) is 11.2 Å². The zero-order valence-corrected chi connectivity index (χ0v) is 11.1. The van der Waals surface area contributed by atoms with E-state index in [1.165, 1.54) is 16.4 Å². The van der Waals surface area contributed by atoms with Crippen molar-refractivity contribution in [1.29, 1.82) is 0 Å². The molecule has 0 aliphatic carbocycles. The van der Waals surface area contributed by atoms with Gasteiger partial charge in [0.05, 0.1) is 11.4 Å². The van der Waals surface area contributed by atoms with E-state index in [9.17, 15) is 4.79 Å². The Morgan fingerprint density at radius 3 is 2.78 bits per heavy atom. The van der Waals surface area contributed by atoms with Gasteiger partial charge in [-0.15, -0.1) is 5.10 Å². The number of nitrogens with zero attached hydrogens (tertiary/aromatic N) is 6. The van der Waals surface area contributed by atoms with Crippen molar-refractivity contribution >= 4 is 23.5 Å². The van der Waals surface area contributed by atoms with Gasteiger partial charge in [-0.2, -0.15) is 5.10 Å². The largest absolute Gasteiger partial charge is 0.310 e. The van der Waals surface area contributed by atoms with Crippen LogP contribution in [-0.4, -0.2) is 41.6 Å². The molecule has 9 heteroatoms. The van der Waals surface area contributed by atoms with Gasteiger partial charge in [0.25, 0.3) is 0 Å². The number of hydrogen-bond acceptors (Lipinski definition) is 6. The zero-order chi connectivity index (χ0) is 13.1. The lowest BCUT2D eigenvalue weighted by Gasteiger charge is -2.04. The van der Waals surface area contributed by atoms with Crippen LogP contribution in [0.2, 0.25) is 0 Å². The van der Waals surface area contributed by atoms with E-state index < -0.39 is 0 Å². The molecule has 0 atom stereocenters. The predicted molar refractivity (Wildman–Crippen MR) is 66.1 cm³/mol. The first-order valence-corrected chi connectivity index (χ1v) is 6.20. The minimum Gasteiger partial charge on any atom is -0.310 e. The number of anilines is 1. The second kappa shape index (κ2) is 5.17. The molecule has 18 heavy (non-hydrogen) atoms. The fourth-order valence-corrected chi connectivity index (χ4v) is 2.03. The van der Waals surface area contributed by atoms with Crippen molar-refractivity contribution in [2.45, 2.75) is 12.1 Å². The summed E-state index contributed by atoms with van der Waals surface area (Å²) in [5.41, 5.74) is 0.859. The third-order valence-electron chi connectivity index (χ3n) is 2.18. The molecule has 0 aliphatic heterocycles. The Morgan fingerprint density at radius 2 is 2.22 bits per heavy atom. The first-order valence-electron chi connectivity index (χ1n) is 5.22. The molecule has 0 saturated carbocycles. The van der Waals surface area contributed by atoms with Crippen molar-refractivity contribution < 1.29 is 4.79 Å². The van der Waals surface area contributed by atoms with Crippen LogP contribution in [0.3, 0.4) is 0 Å². The lowest BCUT2D eigenvalue weighted by atomic mass is 10.4. The molecule has 0 fully saturated rings. The lowest BCUT2D eigenvalue weighted by molar-refractivity contribution is -0.113. The van der Waals surface area contributed by atoms with Crippen LogP contribution in [0.5, 0.6) is 0 Å². The summed E-state index contributed by atoms with van der Waals surface area (Å²) in [5.74, 6) is 0.804. The summed E-state index contributed by atoms with van der Waals surface area (Å²) < 4.78 is 3.15. The van der Waals surface area contributed by atoms with Crippen molar-refractivity contribution in [3.63, 3.8) is 0 Å². The maximum Gasteiger partial charge on any atom is 0.235 e. The van der Waals surface area contributed by atoms with Gasteiger partial charge in [-0.25, -0.2) is 4.68 Å². The predicted octanol–water partition coefficient (Wildman–Crippen LogP) is -0.0172. The van der Waals surface area contributed by atoms with Crippen LogP contribution in [0.4, 0.5) is 5.82 Å². The van der Waals surface area contributed by atoms with Crippen LogP contribution in [0, 0.1) is 6.92 Å². The third-order valence-corrected chi connectivity index (χ3v) is 3.19. The van der Waals surface area contributed by atoms with Crippen LogP contribution >= 0.6 is 11.8 Å². The van der Waals surface area contributed by atoms with Gasteiger partial charge >= 0.3 is 0 Å². The fourth-order valence-electron chi connectivity index (χ4n) is 1.38. The molecule has 2 aromatic heterocycles. The number of aromatic nitrogens is 6. The van der Waals surface area contributed by atoms with E-state index in [-0.39, 0.29) is 11.7 Å². The van der Waals surface area contributed by atoms with Crippen molar-refractivity contribution in [2.24, 2.45) is 14.1 Å². The van der Waals surface area contributed by atoms with Gasteiger partial charge in [0.15, 0.2) is 0 Å². The Hall–Kier alpha value is -1.90. The number of thioether (sulfide) groups is 1. The highest BCUT2D eigenvalue weighted by atomic mass is 32.2. The standard InChI is InChI=1S/C9H13N7OS/c1-6-4-7(15(2)12-6)10-8(17)5-18-9-11-13-14-16(9)3/h4H,5H2,1-3H3,(H,10,17). The Morgan fingerprint density at radius 1 is 1.44 bits per heavy atom. The normalized spacial score (nSPS) is 10.6. The summed E-state index contributed by atoms with van der Waals surface area (Å²) in [7, 11) is 3.51. The summed E-state index contributed by atoms with van der Waals surface area (Å²) in [5, 5.41) is 18.5. The van der Waals surface area contributed by atoms with E-state index in [1.54, 1.807) is 18.8 Å². The smallest absolute Gasteiger partial charge is 0.235 e. The topological polar surface area (TPSA) is 90.5 Å². The quantitative estimate of drug-likeness (QED) is 0.783. The molecule has 2 rings (SSSR count). The van der Waals surface area contributed by atoms with Crippen molar-refractivity contribution in [3.05, 3.63) is 11.8 Å². The molecule has 0 bridgehead atoms. The average Bonchev–Trinajstić information content (AvgIpc) is 2.83. The van der Waals surface area contributed by atoms with E-state index in [0.717, 1.165) is 5.69 Å². The highest BCUT2D eigenvalue weighted by molar-refractivity contribution is 7.99. The monoisotopic (exact) mass is 267 g/mol. The van der Waals surface area contributed by atoms with E-state index >= 15 is 0 Å². The number of carbonyl (C=O) groups is 1. The third kappa shape index (κ3) is 2.86. The molecule has 0 aromatic carbocycles. The molecule has 96 valence electrons. The highest BCUT2D eigenvalue weighted by Crippen LogP contribution is 2.13. The molecule has 1 amide bonds. The van der Waals surface area contributed by atoms with E-state index in [0.29, 0.717) is 11.0 Å². The average molecular weight is 267 g/mol. The minimum atomic E-state index is -0.119. The summed E-state index contributed by atoms with van der Waals surface area (Å²) in [6.07, 6.45) is 0. The number of rotatable bonds is 4. The first kappa shape index (κ1) is 12.6. The second-order valence-electron chi connectivity index (χ2n) is 3.72. The number of aryl methyl sites for hydroxylation is 3. The minimum absolute atomic E-state index is 0.119. The van der Waals surface area contributed by atoms with Gasteiger partial charge in [0, 0.05) is 20.2 Å². The van der Waals surface area contributed by atoms with Crippen LogP contribution in [0.25, 0.3) is 0 Å². The summed E-state index contributed by atoms with van der Waals surface area (Å²) in [6.45, 7) is 1.87. The van der Waals surface area contributed by atoms with Gasteiger partial charge in [0.2, 0.25) is 11.1 Å². The van der Waals surface area contributed by atoms with Crippen LogP contribution in [0.1, 0.15) is 5.69 Å². The second-order valence-corrected chi connectivity index (χ2v) is 4.66. The number of hydrogen-bond donors (Lipinski definition) is 1. The van der Waals surface area contributed by atoms with Gasteiger partial charge < -0.3 is 5.32 Å². The van der Waals surface area contributed by atoms with E-state index in [4.69, 9.17) is 0 Å². The Balaban J connectivity index is 1.90. The molecule has 1 N–H and O–H groups in total. The number of carbonyl (C=O) groups excluding carboxylic acids is 1. The molecular formula is C9H13N7OS. The maximum atomic E-state index is 11.7. The molecule has 0 unspecified atom stereocenters. The van der Waals surface area contributed by atoms with Gasteiger partial charge in [-0.3, -0.25) is 9.48 Å². The fraction of sp³-hybridized carbons (Fsp3) is 0.444. The maximum absolute atomic E-state index is 11.7. The number of nitrogens with one attached hydrogen (secondary N) is 1. The summed E-state index contributed by atoms with van der Waals surface area (Å²) in [6, 6.07) is 1.81. The first-order chi connectivity index (χ1) is 8.56. The Bertz CT molecular complexity index is 561. The molecule has 2 heterocycles. The van der Waals surface area contributed by atoms with Gasteiger partial charge in [-0.05, 0) is 17.4 Å². The highest BCUT2D eigenvalue weighted by Gasteiger charge is 2.10. The molecule has 0 aliphatic rings. The van der Waals surface area contributed by atoms with E-state index in [2.05, 4.69) is 25.9 Å². The van der Waals surface area contributed by atoms with Gasteiger partial charge in [0.1, 0.15) is 5.82 Å². The molecule has 8 nitrogen and oxygen atoms in total. The Labute approximate surface area is 108 Å². The van der Waals surface area contributed by atoms with Crippen molar-refractivity contribution in [1.82, 2.24) is 30.0 Å². The molecule has 2 aromatic rings. The number of amides is 1. The van der Waals surface area contributed by atoms with Crippen molar-refractivity contribution in [3.8, 4) is 0 Å². The molecular weight excluding hydrogens is 254 g/mol. The summed E-state index contributed by atoms with van der Waals surface area (Å²) >= 11 is 1.28. The molecule has 0 saturated heterocycles. The van der Waals surface area contributed by atoms with Gasteiger partial charge in [-0.1, -0.05) is 11.8 Å². The molecule has 0 spiro atoms. The Kier molecular flexibility index (Phi) is 3.60. The van der Waals surface area contributed by atoms with Crippen LogP contribution < -0.4 is 5.32 Å². The lowest BCUT2D eigenvalue weighted by Crippen LogP contribution is -2.16. The summed E-state index contributed by atoms with van der Waals surface area (Å²) in [4.78, 5) is 11.7. The van der Waals surface area contributed by atoms with Crippen LogP contribution in [-0.2, 0) is 18.9 Å². The van der Waals surface area contributed by atoms with Crippen molar-refractivity contribution in [2.75, 3.05) is 11.1 Å². The SMILES string of the molecule is Cc1cc(NC(=O)CSc2nnnn2C)n(C)n1.